The summed E-state index contributed by atoms with van der Waals surface area (Å²) < 4.78 is 86.5. The number of ether oxygens (including phenoxy) is 1. The number of hydrogen-bond donors (Lipinski definition) is 2. The molecular formula is C21H18F6N6O3. The number of nitrogens with two attached hydrogens (primary N) is 1. The third-order valence-corrected chi connectivity index (χ3v) is 5.88. The number of halogens is 6. The summed E-state index contributed by atoms with van der Waals surface area (Å²) in [6, 6.07) is 2.98. The number of amides is 2. The Morgan fingerprint density at radius 3 is 2.61 bits per heavy atom. The molecule has 1 aromatic heterocycles. The molecule has 36 heavy (non-hydrogen) atoms. The molecule has 2 aliphatic heterocycles. The zero-order valence-electron chi connectivity index (χ0n) is 18.4. The highest BCUT2D eigenvalue weighted by molar-refractivity contribution is 6.03. The Balaban J connectivity index is 1.74. The molecule has 3 atom stereocenters. The van der Waals surface area contributed by atoms with Crippen LogP contribution in [-0.2, 0) is 15.1 Å². The van der Waals surface area contributed by atoms with E-state index in [1.165, 1.54) is 6.92 Å². The van der Waals surface area contributed by atoms with Crippen LogP contribution in [0.5, 0.6) is 0 Å². The van der Waals surface area contributed by atoms with Crippen LogP contribution in [0, 0.1) is 11.7 Å². The minimum atomic E-state index is -4.96. The van der Waals surface area contributed by atoms with E-state index in [2.05, 4.69) is 20.3 Å². The van der Waals surface area contributed by atoms with E-state index in [1.54, 1.807) is 0 Å². The van der Waals surface area contributed by atoms with E-state index >= 15 is 4.39 Å². The summed E-state index contributed by atoms with van der Waals surface area (Å²) in [6.07, 6.45) is -8.92. The molecule has 0 spiro atoms. The van der Waals surface area contributed by atoms with Crippen LogP contribution in [0.4, 0.5) is 32.0 Å². The van der Waals surface area contributed by atoms with Gasteiger partial charge in [-0.1, -0.05) is 0 Å². The fourth-order valence-electron chi connectivity index (χ4n) is 4.24. The average Bonchev–Trinajstić information content (AvgIpc) is 3.21. The van der Waals surface area contributed by atoms with Gasteiger partial charge in [-0.2, -0.15) is 13.2 Å². The normalized spacial score (nSPS) is 24.1. The molecule has 2 aromatic rings. The third-order valence-electron chi connectivity index (χ3n) is 5.88. The van der Waals surface area contributed by atoms with Crippen molar-refractivity contribution in [3.05, 3.63) is 53.4 Å². The molecule has 0 saturated carbocycles. The summed E-state index contributed by atoms with van der Waals surface area (Å²) in [4.78, 5) is 37.5. The molecular weight excluding hydrogens is 498 g/mol. The molecule has 192 valence electrons. The Kier molecular flexibility index (Phi) is 6.36. The number of nitrogens with one attached hydrogen (secondary N) is 1. The van der Waals surface area contributed by atoms with Crippen LogP contribution in [0.2, 0.25) is 0 Å². The number of anilines is 1. The Morgan fingerprint density at radius 2 is 2.03 bits per heavy atom. The smallest absolute Gasteiger partial charge is 0.369 e. The van der Waals surface area contributed by atoms with E-state index in [4.69, 9.17) is 10.5 Å². The highest BCUT2D eigenvalue weighted by atomic mass is 19.4. The van der Waals surface area contributed by atoms with E-state index in [0.29, 0.717) is 6.20 Å². The number of aliphatic imine (C=N–C) groups is 1. The van der Waals surface area contributed by atoms with E-state index in [-0.39, 0.29) is 17.9 Å². The molecule has 0 bridgehead atoms. The van der Waals surface area contributed by atoms with Crippen LogP contribution < -0.4 is 11.1 Å². The minimum Gasteiger partial charge on any atom is -0.369 e. The first-order chi connectivity index (χ1) is 16.9. The summed E-state index contributed by atoms with van der Waals surface area (Å²) in [5.74, 6) is -5.34. The second-order valence-electron chi connectivity index (χ2n) is 8.00. The van der Waals surface area contributed by atoms with E-state index in [9.17, 15) is 31.5 Å². The van der Waals surface area contributed by atoms with Gasteiger partial charge in [0.05, 0.1) is 19.0 Å². The standard InChI is InChI=1S/C21H18F6N6O3/c1-2-33-18(35)14-15(21(25,26)27)36-8-20(14,32-19(33)28)10-5-9(3-4-11(10)22)31-17(34)13-7-29-12(6-30-13)16(23)24/h3-7,14-16H,2,8H2,1H3,(H2,28,32)(H,31,34)/t14-,15-,20+/m0/s1. The van der Waals surface area contributed by atoms with Crippen LogP contribution >= 0.6 is 0 Å². The third kappa shape index (κ3) is 4.23. The van der Waals surface area contributed by atoms with Crippen molar-refractivity contribution in [2.45, 2.75) is 31.2 Å². The van der Waals surface area contributed by atoms with Gasteiger partial charge in [0.2, 0.25) is 5.91 Å². The maximum atomic E-state index is 15.0. The highest BCUT2D eigenvalue weighted by Gasteiger charge is 2.66. The molecule has 2 aliphatic rings. The van der Waals surface area contributed by atoms with Crippen LogP contribution in [-0.4, -0.2) is 58.1 Å². The highest BCUT2D eigenvalue weighted by Crippen LogP contribution is 2.51. The number of fused-ring (bicyclic) bond motifs is 1. The van der Waals surface area contributed by atoms with Crippen molar-refractivity contribution in [2.75, 3.05) is 18.5 Å². The van der Waals surface area contributed by atoms with Gasteiger partial charge in [-0.3, -0.25) is 19.5 Å². The number of carbonyl (C=O) groups is 2. The summed E-state index contributed by atoms with van der Waals surface area (Å²) in [5.41, 5.74) is 2.14. The second-order valence-corrected chi connectivity index (χ2v) is 8.00. The molecule has 3 heterocycles. The number of carbonyl (C=O) groups excluding carboxylic acids is 2. The predicted octanol–water partition coefficient (Wildman–Crippen LogP) is 2.75. The number of benzene rings is 1. The monoisotopic (exact) mass is 516 g/mol. The van der Waals surface area contributed by atoms with Crippen LogP contribution in [0.3, 0.4) is 0 Å². The van der Waals surface area contributed by atoms with Crippen molar-refractivity contribution in [3.63, 3.8) is 0 Å². The number of rotatable bonds is 5. The maximum Gasteiger partial charge on any atom is 0.415 e. The van der Waals surface area contributed by atoms with Gasteiger partial charge in [0.1, 0.15) is 28.7 Å². The lowest BCUT2D eigenvalue weighted by Crippen LogP contribution is -2.58. The van der Waals surface area contributed by atoms with Crippen molar-refractivity contribution in [3.8, 4) is 0 Å². The molecule has 2 amide bonds. The predicted molar refractivity (Wildman–Crippen MR) is 111 cm³/mol. The number of nitrogens with zero attached hydrogens (tertiary/aromatic N) is 4. The molecule has 0 radical (unpaired) electrons. The maximum absolute atomic E-state index is 15.0. The lowest BCUT2D eigenvalue weighted by atomic mass is 9.75. The molecule has 15 heteroatoms. The van der Waals surface area contributed by atoms with Gasteiger partial charge in [0, 0.05) is 17.8 Å². The van der Waals surface area contributed by atoms with E-state index in [0.717, 1.165) is 29.3 Å². The van der Waals surface area contributed by atoms with Crippen molar-refractivity contribution >= 4 is 23.5 Å². The van der Waals surface area contributed by atoms with Crippen molar-refractivity contribution < 1.29 is 40.7 Å². The van der Waals surface area contributed by atoms with E-state index in [1.807, 2.05) is 0 Å². The molecule has 3 N–H and O–H groups in total. The van der Waals surface area contributed by atoms with Crippen molar-refractivity contribution in [2.24, 2.45) is 16.6 Å². The van der Waals surface area contributed by atoms with Crippen LogP contribution in [0.25, 0.3) is 0 Å². The van der Waals surface area contributed by atoms with Gasteiger partial charge < -0.3 is 15.8 Å². The van der Waals surface area contributed by atoms with Gasteiger partial charge >= 0.3 is 6.18 Å². The molecule has 1 aromatic carbocycles. The first-order valence-electron chi connectivity index (χ1n) is 10.5. The van der Waals surface area contributed by atoms with Crippen molar-refractivity contribution in [1.29, 1.82) is 0 Å². The quantitative estimate of drug-likeness (QED) is 0.590. The summed E-state index contributed by atoms with van der Waals surface area (Å²) in [5, 5.41) is 2.34. The lowest BCUT2D eigenvalue weighted by molar-refractivity contribution is -0.218. The topological polar surface area (TPSA) is 123 Å². The Morgan fingerprint density at radius 1 is 1.31 bits per heavy atom. The second kappa shape index (κ2) is 9.04. The number of aromatic nitrogens is 2. The first-order valence-corrected chi connectivity index (χ1v) is 10.5. The first kappa shape index (κ1) is 25.3. The number of alkyl halides is 5. The lowest BCUT2D eigenvalue weighted by Gasteiger charge is -2.40. The summed E-state index contributed by atoms with van der Waals surface area (Å²) >= 11 is 0. The molecule has 4 rings (SSSR count). The number of hydrogen-bond acceptors (Lipinski definition) is 7. The molecule has 0 aliphatic carbocycles. The summed E-state index contributed by atoms with van der Waals surface area (Å²) in [6.45, 7) is 0.606. The van der Waals surface area contributed by atoms with Gasteiger partial charge in [-0.15, -0.1) is 0 Å². The SMILES string of the molecule is CCN1C(=O)[C@@H]2[C@@H](C(F)(F)F)OC[C@]2(c2cc(NC(=O)c3cnc(C(F)F)cn3)ccc2F)N=C1N. The fourth-order valence-corrected chi connectivity index (χ4v) is 4.24. The zero-order chi connectivity index (χ0) is 26.4. The van der Waals surface area contributed by atoms with E-state index < -0.39 is 71.6 Å². The van der Waals surface area contributed by atoms with Gasteiger partial charge in [0.25, 0.3) is 12.3 Å². The minimum absolute atomic E-state index is 0.0741. The Labute approximate surface area is 199 Å². The molecule has 1 saturated heterocycles. The molecule has 9 nitrogen and oxygen atoms in total. The number of guanidine groups is 1. The molecule has 0 unspecified atom stereocenters. The van der Waals surface area contributed by atoms with Crippen LogP contribution in [0.15, 0.2) is 35.6 Å². The van der Waals surface area contributed by atoms with Crippen LogP contribution in [0.1, 0.15) is 35.1 Å². The Hall–Kier alpha value is -3.75. The van der Waals surface area contributed by atoms with Gasteiger partial charge in [-0.05, 0) is 25.1 Å². The Bertz CT molecular complexity index is 1220. The van der Waals surface area contributed by atoms with Crippen molar-refractivity contribution in [1.82, 2.24) is 14.9 Å². The zero-order valence-corrected chi connectivity index (χ0v) is 18.4. The van der Waals surface area contributed by atoms with Gasteiger partial charge in [-0.25, -0.2) is 23.1 Å². The molecule has 1 fully saturated rings. The fraction of sp³-hybridized carbons (Fsp3) is 0.381. The largest absolute Gasteiger partial charge is 0.415 e. The summed E-state index contributed by atoms with van der Waals surface area (Å²) in [7, 11) is 0. The van der Waals surface area contributed by atoms with Gasteiger partial charge in [0.15, 0.2) is 12.1 Å². The average molecular weight is 516 g/mol.